The van der Waals surface area contributed by atoms with Crippen molar-refractivity contribution in [3.05, 3.63) is 34.3 Å². The van der Waals surface area contributed by atoms with Crippen LogP contribution in [0.1, 0.15) is 37.0 Å². The van der Waals surface area contributed by atoms with Crippen molar-refractivity contribution in [3.63, 3.8) is 0 Å². The highest BCUT2D eigenvalue weighted by atomic mass is 79.9. The molecule has 0 aliphatic rings. The molecule has 0 unspecified atom stereocenters. The molecule has 0 radical (unpaired) electrons. The SMILES string of the molecule is CCC(CC)(CBr)CNC(=O)c1ccccc1Br. The standard InChI is InChI=1S/C14H19Br2NO/c1-3-14(4-2,9-15)10-17-13(18)11-7-5-6-8-12(11)16/h5-8H,3-4,9-10H2,1-2H3,(H,17,18). The molecule has 1 amide bonds. The summed E-state index contributed by atoms with van der Waals surface area (Å²) in [5.41, 5.74) is 0.838. The lowest BCUT2D eigenvalue weighted by Crippen LogP contribution is -2.38. The average molecular weight is 377 g/mol. The van der Waals surface area contributed by atoms with Crippen molar-refractivity contribution in [1.82, 2.24) is 5.32 Å². The zero-order valence-corrected chi connectivity index (χ0v) is 14.0. The summed E-state index contributed by atoms with van der Waals surface area (Å²) in [5, 5.41) is 3.94. The van der Waals surface area contributed by atoms with Gasteiger partial charge in [-0.25, -0.2) is 0 Å². The Morgan fingerprint density at radius 1 is 1.28 bits per heavy atom. The number of carbonyl (C=O) groups excluding carboxylic acids is 1. The Hall–Kier alpha value is -0.350. The van der Waals surface area contributed by atoms with Crippen molar-refractivity contribution in [2.45, 2.75) is 26.7 Å². The summed E-state index contributed by atoms with van der Waals surface area (Å²) in [5.74, 6) is -0.0188. The molecule has 0 fully saturated rings. The van der Waals surface area contributed by atoms with Crippen LogP contribution in [0, 0.1) is 5.41 Å². The molecule has 0 atom stereocenters. The number of alkyl halides is 1. The lowest BCUT2D eigenvalue weighted by atomic mass is 9.84. The summed E-state index contributed by atoms with van der Waals surface area (Å²) in [7, 11) is 0. The lowest BCUT2D eigenvalue weighted by Gasteiger charge is -2.29. The highest BCUT2D eigenvalue weighted by Crippen LogP contribution is 2.28. The Morgan fingerprint density at radius 2 is 1.89 bits per heavy atom. The first-order chi connectivity index (χ1) is 8.58. The number of hydrogen-bond acceptors (Lipinski definition) is 1. The van der Waals surface area contributed by atoms with Gasteiger partial charge in [-0.1, -0.05) is 41.9 Å². The maximum Gasteiger partial charge on any atom is 0.252 e. The van der Waals surface area contributed by atoms with Crippen LogP contribution < -0.4 is 5.32 Å². The van der Waals surface area contributed by atoms with E-state index in [0.29, 0.717) is 12.1 Å². The minimum atomic E-state index is -0.0188. The van der Waals surface area contributed by atoms with Gasteiger partial charge in [0.2, 0.25) is 0 Å². The largest absolute Gasteiger partial charge is 0.351 e. The Labute approximate surface area is 126 Å². The zero-order chi connectivity index (χ0) is 13.6. The van der Waals surface area contributed by atoms with Gasteiger partial charge in [0.25, 0.3) is 5.91 Å². The summed E-state index contributed by atoms with van der Waals surface area (Å²) in [6.07, 6.45) is 2.09. The highest BCUT2D eigenvalue weighted by molar-refractivity contribution is 9.10. The fourth-order valence-corrected chi connectivity index (χ4v) is 3.20. The molecule has 0 heterocycles. The third-order valence-corrected chi connectivity index (χ3v) is 5.41. The maximum atomic E-state index is 12.1. The summed E-state index contributed by atoms with van der Waals surface area (Å²) in [4.78, 5) is 12.1. The van der Waals surface area contributed by atoms with Gasteiger partial charge in [0.05, 0.1) is 5.56 Å². The van der Waals surface area contributed by atoms with Gasteiger partial charge >= 0.3 is 0 Å². The number of benzene rings is 1. The minimum absolute atomic E-state index is 0.0188. The summed E-state index contributed by atoms with van der Waals surface area (Å²) in [6, 6.07) is 7.48. The van der Waals surface area contributed by atoms with Crippen LogP contribution in [0.5, 0.6) is 0 Å². The van der Waals surface area contributed by atoms with Gasteiger partial charge in [0, 0.05) is 16.3 Å². The number of hydrogen-bond donors (Lipinski definition) is 1. The Kier molecular flexibility index (Phi) is 6.36. The van der Waals surface area contributed by atoms with Crippen molar-refractivity contribution in [2.24, 2.45) is 5.41 Å². The van der Waals surface area contributed by atoms with E-state index in [4.69, 9.17) is 0 Å². The predicted molar refractivity (Wildman–Crippen MR) is 83.3 cm³/mol. The quantitative estimate of drug-likeness (QED) is 0.733. The molecular formula is C14H19Br2NO. The van der Waals surface area contributed by atoms with Crippen LogP contribution in [0.3, 0.4) is 0 Å². The topological polar surface area (TPSA) is 29.1 Å². The zero-order valence-electron chi connectivity index (χ0n) is 10.8. The van der Waals surface area contributed by atoms with E-state index in [2.05, 4.69) is 51.0 Å². The first-order valence-electron chi connectivity index (χ1n) is 6.17. The van der Waals surface area contributed by atoms with E-state index in [1.165, 1.54) is 0 Å². The number of amides is 1. The maximum absolute atomic E-state index is 12.1. The van der Waals surface area contributed by atoms with Gasteiger partial charge in [-0.05, 0) is 46.3 Å². The summed E-state index contributed by atoms with van der Waals surface area (Å²) in [6.45, 7) is 5.02. The van der Waals surface area contributed by atoms with Crippen LogP contribution in [0.4, 0.5) is 0 Å². The van der Waals surface area contributed by atoms with Crippen molar-refractivity contribution < 1.29 is 4.79 Å². The van der Waals surface area contributed by atoms with Gasteiger partial charge in [0.1, 0.15) is 0 Å². The molecular weight excluding hydrogens is 358 g/mol. The molecule has 1 aromatic rings. The van der Waals surface area contributed by atoms with Crippen molar-refractivity contribution in [1.29, 1.82) is 0 Å². The molecule has 0 saturated carbocycles. The first kappa shape index (κ1) is 15.7. The summed E-state index contributed by atoms with van der Waals surface area (Å²) < 4.78 is 0.833. The molecule has 0 bridgehead atoms. The third kappa shape index (κ3) is 3.82. The van der Waals surface area contributed by atoms with E-state index in [-0.39, 0.29) is 11.3 Å². The smallest absolute Gasteiger partial charge is 0.252 e. The molecule has 1 aromatic carbocycles. The molecule has 0 saturated heterocycles. The van der Waals surface area contributed by atoms with Crippen molar-refractivity contribution in [3.8, 4) is 0 Å². The van der Waals surface area contributed by atoms with Gasteiger partial charge < -0.3 is 5.32 Å². The van der Waals surface area contributed by atoms with Gasteiger partial charge in [-0.15, -0.1) is 0 Å². The third-order valence-electron chi connectivity index (χ3n) is 3.53. The van der Waals surface area contributed by atoms with Crippen LogP contribution in [0.25, 0.3) is 0 Å². The molecule has 0 aliphatic heterocycles. The Balaban J connectivity index is 2.69. The second-order valence-corrected chi connectivity index (χ2v) is 5.92. The van der Waals surface area contributed by atoms with Crippen LogP contribution in [0.2, 0.25) is 0 Å². The van der Waals surface area contributed by atoms with E-state index in [1.54, 1.807) is 0 Å². The molecule has 4 heteroatoms. The van der Waals surface area contributed by atoms with Gasteiger partial charge in [-0.3, -0.25) is 4.79 Å². The number of nitrogens with one attached hydrogen (secondary N) is 1. The van der Waals surface area contributed by atoms with Crippen molar-refractivity contribution in [2.75, 3.05) is 11.9 Å². The fraction of sp³-hybridized carbons (Fsp3) is 0.500. The average Bonchev–Trinajstić information content (AvgIpc) is 2.41. The number of halogens is 2. The highest BCUT2D eigenvalue weighted by Gasteiger charge is 2.25. The Morgan fingerprint density at radius 3 is 2.39 bits per heavy atom. The van der Waals surface area contributed by atoms with E-state index in [0.717, 1.165) is 22.6 Å². The van der Waals surface area contributed by atoms with Crippen LogP contribution in [0.15, 0.2) is 28.7 Å². The van der Waals surface area contributed by atoms with Crippen molar-refractivity contribution >= 4 is 37.8 Å². The fourth-order valence-electron chi connectivity index (χ4n) is 1.74. The number of rotatable bonds is 6. The second kappa shape index (κ2) is 7.29. The van der Waals surface area contributed by atoms with E-state index in [9.17, 15) is 4.79 Å². The normalized spacial score (nSPS) is 11.3. The molecule has 1 rings (SSSR count). The molecule has 0 spiro atoms. The monoisotopic (exact) mass is 375 g/mol. The number of carbonyl (C=O) groups is 1. The second-order valence-electron chi connectivity index (χ2n) is 4.50. The van der Waals surface area contributed by atoms with Crippen LogP contribution in [-0.4, -0.2) is 17.8 Å². The molecule has 0 aliphatic carbocycles. The predicted octanol–water partition coefficient (Wildman–Crippen LogP) is 4.38. The lowest BCUT2D eigenvalue weighted by molar-refractivity contribution is 0.0931. The van der Waals surface area contributed by atoms with Gasteiger partial charge in [0.15, 0.2) is 0 Å². The van der Waals surface area contributed by atoms with E-state index >= 15 is 0 Å². The van der Waals surface area contributed by atoms with Gasteiger partial charge in [-0.2, -0.15) is 0 Å². The van der Waals surface area contributed by atoms with Crippen LogP contribution >= 0.6 is 31.9 Å². The first-order valence-corrected chi connectivity index (χ1v) is 8.08. The minimum Gasteiger partial charge on any atom is -0.351 e. The van der Waals surface area contributed by atoms with Crippen LogP contribution in [-0.2, 0) is 0 Å². The Bertz CT molecular complexity index is 394. The molecule has 2 nitrogen and oxygen atoms in total. The van der Waals surface area contributed by atoms with E-state index < -0.39 is 0 Å². The summed E-state index contributed by atoms with van der Waals surface area (Å²) >= 11 is 6.95. The molecule has 0 aromatic heterocycles. The molecule has 1 N–H and O–H groups in total. The molecule has 100 valence electrons. The molecule has 18 heavy (non-hydrogen) atoms. The van der Waals surface area contributed by atoms with E-state index in [1.807, 2.05) is 24.3 Å².